The van der Waals surface area contributed by atoms with Crippen LogP contribution >= 0.6 is 0 Å². The minimum Gasteiger partial charge on any atom is -0.350 e. The number of aromatic nitrogens is 1. The fourth-order valence-corrected chi connectivity index (χ4v) is 3.13. The van der Waals surface area contributed by atoms with E-state index in [1.54, 1.807) is 18.2 Å². The van der Waals surface area contributed by atoms with E-state index in [1.807, 2.05) is 0 Å². The molecule has 1 fully saturated rings. The van der Waals surface area contributed by atoms with Crippen molar-refractivity contribution in [3.63, 3.8) is 0 Å². The number of nitrogens with zero attached hydrogens (tertiary/aromatic N) is 2. The van der Waals surface area contributed by atoms with Gasteiger partial charge >= 0.3 is 0 Å². The third kappa shape index (κ3) is 3.48. The summed E-state index contributed by atoms with van der Waals surface area (Å²) in [6, 6.07) is 12.6. The van der Waals surface area contributed by atoms with E-state index in [9.17, 15) is 18.4 Å². The van der Waals surface area contributed by atoms with Crippen molar-refractivity contribution >= 4 is 17.5 Å². The summed E-state index contributed by atoms with van der Waals surface area (Å²) < 4.78 is 32.3. The van der Waals surface area contributed by atoms with Gasteiger partial charge in [-0.05, 0) is 24.3 Å². The molecule has 1 atom stereocenters. The Hall–Kier alpha value is -3.55. The predicted molar refractivity (Wildman–Crippen MR) is 96.5 cm³/mol. The van der Waals surface area contributed by atoms with Crippen LogP contribution in [0, 0.1) is 11.6 Å². The monoisotopic (exact) mass is 383 g/mol. The summed E-state index contributed by atoms with van der Waals surface area (Å²) in [5.74, 6) is -1.82. The molecule has 1 aromatic heterocycles. The van der Waals surface area contributed by atoms with Crippen LogP contribution in [0.5, 0.6) is 0 Å². The first kappa shape index (κ1) is 17.8. The highest BCUT2D eigenvalue weighted by molar-refractivity contribution is 5.98. The van der Waals surface area contributed by atoms with Crippen molar-refractivity contribution in [3.05, 3.63) is 72.0 Å². The van der Waals surface area contributed by atoms with Crippen molar-refractivity contribution in [2.24, 2.45) is 0 Å². The molecule has 142 valence electrons. The number of amides is 2. The zero-order valence-corrected chi connectivity index (χ0v) is 14.6. The molecule has 2 aromatic carbocycles. The molecular weight excluding hydrogens is 368 g/mol. The van der Waals surface area contributed by atoms with Gasteiger partial charge in [0.1, 0.15) is 17.3 Å². The molecule has 0 bridgehead atoms. The van der Waals surface area contributed by atoms with Crippen molar-refractivity contribution in [3.8, 4) is 11.3 Å². The van der Waals surface area contributed by atoms with Gasteiger partial charge in [0.05, 0.1) is 11.7 Å². The molecule has 28 heavy (non-hydrogen) atoms. The van der Waals surface area contributed by atoms with E-state index in [1.165, 1.54) is 41.3 Å². The van der Waals surface area contributed by atoms with E-state index < -0.39 is 23.6 Å². The Balaban J connectivity index is 1.45. The molecule has 8 heteroatoms. The third-order valence-electron chi connectivity index (χ3n) is 4.46. The number of nitrogens with one attached hydrogen (secondary N) is 1. The number of hydrogen-bond donors (Lipinski definition) is 1. The van der Waals surface area contributed by atoms with Gasteiger partial charge in [-0.25, -0.2) is 8.78 Å². The number of carbonyl (C=O) groups is 2. The van der Waals surface area contributed by atoms with E-state index in [0.717, 1.165) is 0 Å². The van der Waals surface area contributed by atoms with Crippen LogP contribution in [-0.2, 0) is 4.79 Å². The van der Waals surface area contributed by atoms with Gasteiger partial charge in [0.15, 0.2) is 0 Å². The number of halogens is 2. The molecule has 3 aromatic rings. The van der Waals surface area contributed by atoms with Crippen LogP contribution < -0.4 is 10.2 Å². The minimum atomic E-state index is -0.552. The molecule has 4 rings (SSSR count). The SMILES string of the molecule is O=C(NC1CC(=O)N(c2ccccc2F)C1)c1cc(-c2cccc(F)c2)no1. The molecule has 0 radical (unpaired) electrons. The van der Waals surface area contributed by atoms with E-state index in [2.05, 4.69) is 10.5 Å². The number of carbonyl (C=O) groups excluding carboxylic acids is 2. The highest BCUT2D eigenvalue weighted by Crippen LogP contribution is 2.25. The van der Waals surface area contributed by atoms with Gasteiger partial charge < -0.3 is 14.7 Å². The Labute approximate surface area is 158 Å². The molecule has 2 amide bonds. The Morgan fingerprint density at radius 3 is 2.75 bits per heavy atom. The average Bonchev–Trinajstić information content (AvgIpc) is 3.29. The zero-order valence-electron chi connectivity index (χ0n) is 14.6. The molecule has 0 spiro atoms. The first-order valence-electron chi connectivity index (χ1n) is 8.59. The van der Waals surface area contributed by atoms with Gasteiger partial charge in [-0.2, -0.15) is 0 Å². The van der Waals surface area contributed by atoms with Gasteiger partial charge in [0, 0.05) is 24.6 Å². The number of rotatable bonds is 4. The normalized spacial score (nSPS) is 16.4. The molecule has 0 saturated carbocycles. The molecule has 1 aliphatic rings. The Bertz CT molecular complexity index is 1050. The van der Waals surface area contributed by atoms with Gasteiger partial charge in [-0.3, -0.25) is 9.59 Å². The molecule has 1 saturated heterocycles. The summed E-state index contributed by atoms with van der Waals surface area (Å²) in [5, 5.41) is 6.47. The number of para-hydroxylation sites is 1. The fraction of sp³-hybridized carbons (Fsp3) is 0.150. The average molecular weight is 383 g/mol. The summed E-state index contributed by atoms with van der Waals surface area (Å²) in [7, 11) is 0. The highest BCUT2D eigenvalue weighted by atomic mass is 19.1. The number of anilines is 1. The summed E-state index contributed by atoms with van der Waals surface area (Å²) in [6.07, 6.45) is 0.0466. The van der Waals surface area contributed by atoms with Gasteiger partial charge in [-0.1, -0.05) is 29.4 Å². The maximum atomic E-state index is 13.9. The first-order chi connectivity index (χ1) is 13.5. The van der Waals surface area contributed by atoms with Crippen LogP contribution in [0.15, 0.2) is 59.1 Å². The lowest BCUT2D eigenvalue weighted by Gasteiger charge is -2.17. The number of benzene rings is 2. The molecule has 6 nitrogen and oxygen atoms in total. The molecular formula is C20H15F2N3O3. The zero-order chi connectivity index (χ0) is 19.7. The topological polar surface area (TPSA) is 75.4 Å². The van der Waals surface area contributed by atoms with Gasteiger partial charge in [-0.15, -0.1) is 0 Å². The lowest BCUT2D eigenvalue weighted by molar-refractivity contribution is -0.117. The first-order valence-corrected chi connectivity index (χ1v) is 8.59. The van der Waals surface area contributed by atoms with E-state index in [0.29, 0.717) is 11.3 Å². The standard InChI is InChI=1S/C20H15F2N3O3/c21-13-5-3-4-12(8-13)16-10-18(28-24-16)20(27)23-14-9-19(26)25(11-14)17-7-2-1-6-15(17)22/h1-8,10,14H,9,11H2,(H,23,27). The van der Waals surface area contributed by atoms with E-state index in [-0.39, 0.29) is 30.3 Å². The van der Waals surface area contributed by atoms with Crippen molar-refractivity contribution in [1.82, 2.24) is 10.5 Å². The largest absolute Gasteiger partial charge is 0.350 e. The van der Waals surface area contributed by atoms with Gasteiger partial charge in [0.25, 0.3) is 5.91 Å². The van der Waals surface area contributed by atoms with Crippen LogP contribution in [0.3, 0.4) is 0 Å². The fourth-order valence-electron chi connectivity index (χ4n) is 3.13. The smallest absolute Gasteiger partial charge is 0.290 e. The van der Waals surface area contributed by atoms with Crippen molar-refractivity contribution in [2.45, 2.75) is 12.5 Å². The Kier molecular flexibility index (Phi) is 4.60. The molecule has 1 aliphatic heterocycles. The maximum Gasteiger partial charge on any atom is 0.290 e. The Morgan fingerprint density at radius 1 is 1.14 bits per heavy atom. The van der Waals surface area contributed by atoms with Crippen LogP contribution in [0.1, 0.15) is 17.0 Å². The van der Waals surface area contributed by atoms with Crippen LogP contribution in [0.4, 0.5) is 14.5 Å². The predicted octanol–water partition coefficient (Wildman–Crippen LogP) is 3.16. The lowest BCUT2D eigenvalue weighted by Crippen LogP contribution is -2.37. The molecule has 1 unspecified atom stereocenters. The maximum absolute atomic E-state index is 13.9. The lowest BCUT2D eigenvalue weighted by atomic mass is 10.1. The summed E-state index contributed by atoms with van der Waals surface area (Å²) in [4.78, 5) is 25.9. The molecule has 0 aliphatic carbocycles. The molecule has 1 N–H and O–H groups in total. The van der Waals surface area contributed by atoms with Crippen molar-refractivity contribution in [1.29, 1.82) is 0 Å². The van der Waals surface area contributed by atoms with Crippen LogP contribution in [-0.4, -0.2) is 29.6 Å². The minimum absolute atomic E-state index is 0.0466. The van der Waals surface area contributed by atoms with E-state index in [4.69, 9.17) is 4.52 Å². The van der Waals surface area contributed by atoms with E-state index >= 15 is 0 Å². The van der Waals surface area contributed by atoms with Gasteiger partial charge in [0.2, 0.25) is 11.7 Å². The summed E-state index contributed by atoms with van der Waals surface area (Å²) >= 11 is 0. The second-order valence-electron chi connectivity index (χ2n) is 6.42. The number of hydrogen-bond acceptors (Lipinski definition) is 4. The highest BCUT2D eigenvalue weighted by Gasteiger charge is 2.33. The Morgan fingerprint density at radius 2 is 1.96 bits per heavy atom. The molecule has 2 heterocycles. The second-order valence-corrected chi connectivity index (χ2v) is 6.42. The third-order valence-corrected chi connectivity index (χ3v) is 4.46. The summed E-state index contributed by atoms with van der Waals surface area (Å²) in [6.45, 7) is 0.149. The van der Waals surface area contributed by atoms with Crippen LogP contribution in [0.2, 0.25) is 0 Å². The second kappa shape index (κ2) is 7.22. The van der Waals surface area contributed by atoms with Crippen LogP contribution in [0.25, 0.3) is 11.3 Å². The van der Waals surface area contributed by atoms with Crippen molar-refractivity contribution < 1.29 is 22.9 Å². The quantitative estimate of drug-likeness (QED) is 0.751. The summed E-state index contributed by atoms with van der Waals surface area (Å²) in [5.41, 5.74) is 0.974. The van der Waals surface area contributed by atoms with Crippen molar-refractivity contribution in [2.75, 3.05) is 11.4 Å².